The maximum Gasteiger partial charge on any atom is 0.416 e. The van der Waals surface area contributed by atoms with Crippen molar-refractivity contribution in [1.82, 2.24) is 4.90 Å². The monoisotopic (exact) mass is 237 g/mol. The zero-order valence-corrected chi connectivity index (χ0v) is 10.8. The number of hydrogen-bond donors (Lipinski definition) is 0. The van der Waals surface area contributed by atoms with E-state index < -0.39 is 13.7 Å². The van der Waals surface area contributed by atoms with Crippen LogP contribution in [0, 0.1) is 0 Å². The summed E-state index contributed by atoms with van der Waals surface area (Å²) in [6.45, 7) is 8.40. The normalized spacial score (nSPS) is 14.4. The minimum Gasteiger partial charge on any atom is -0.375 e. The molecule has 0 spiro atoms. The first-order chi connectivity index (χ1) is 7.02. The van der Waals surface area contributed by atoms with E-state index >= 15 is 0 Å². The Balaban J connectivity index is 4.41. The minimum atomic E-state index is -3.23. The second-order valence-corrected chi connectivity index (χ2v) is 5.17. The summed E-state index contributed by atoms with van der Waals surface area (Å²) in [7, 11) is -3.23. The number of nitrogens with zero attached hydrogens (tertiary/aromatic N) is 1. The smallest absolute Gasteiger partial charge is 0.375 e. The van der Waals surface area contributed by atoms with E-state index in [0.29, 0.717) is 13.1 Å². The van der Waals surface area contributed by atoms with Gasteiger partial charge in [-0.3, -0.25) is 4.52 Å². The molecule has 0 heterocycles. The third kappa shape index (κ3) is 4.67. The Morgan fingerprint density at radius 1 is 1.20 bits per heavy atom. The summed E-state index contributed by atoms with van der Waals surface area (Å²) < 4.78 is 21.7. The standard InChI is InChI=1S/C9H20NO4P/c1-5-10(6-2)9(11)14-15(12,8-4)13-7-3/h5-8H2,1-4H3/t15-/m0/s1. The van der Waals surface area contributed by atoms with E-state index in [1.165, 1.54) is 4.90 Å². The van der Waals surface area contributed by atoms with Crippen molar-refractivity contribution in [3.8, 4) is 0 Å². The lowest BCUT2D eigenvalue weighted by Gasteiger charge is -2.22. The molecule has 1 atom stereocenters. The Kier molecular flexibility index (Phi) is 6.61. The van der Waals surface area contributed by atoms with Crippen molar-refractivity contribution in [3.63, 3.8) is 0 Å². The Labute approximate surface area is 91.3 Å². The van der Waals surface area contributed by atoms with Crippen molar-refractivity contribution < 1.29 is 18.4 Å². The van der Waals surface area contributed by atoms with Crippen LogP contribution in [0.2, 0.25) is 0 Å². The van der Waals surface area contributed by atoms with Gasteiger partial charge in [0.2, 0.25) is 0 Å². The van der Waals surface area contributed by atoms with Crippen LogP contribution in [0.4, 0.5) is 4.79 Å². The predicted molar refractivity (Wildman–Crippen MR) is 59.2 cm³/mol. The van der Waals surface area contributed by atoms with Crippen LogP contribution in [0.5, 0.6) is 0 Å². The van der Waals surface area contributed by atoms with Crippen molar-refractivity contribution in [1.29, 1.82) is 0 Å². The third-order valence-electron chi connectivity index (χ3n) is 1.95. The van der Waals surface area contributed by atoms with Gasteiger partial charge in [-0.2, -0.15) is 0 Å². The lowest BCUT2D eigenvalue weighted by Crippen LogP contribution is -2.30. The fourth-order valence-electron chi connectivity index (χ4n) is 1.04. The van der Waals surface area contributed by atoms with Gasteiger partial charge in [0.1, 0.15) is 0 Å². The molecule has 0 unspecified atom stereocenters. The first-order valence-electron chi connectivity index (χ1n) is 5.25. The SMILES string of the molecule is CCO[P@@](=O)(CC)OC(=O)N(CC)CC. The van der Waals surface area contributed by atoms with Crippen molar-refractivity contribution in [2.75, 3.05) is 25.9 Å². The van der Waals surface area contributed by atoms with Gasteiger partial charge in [-0.1, -0.05) is 6.92 Å². The van der Waals surface area contributed by atoms with Gasteiger partial charge in [0, 0.05) is 13.1 Å². The third-order valence-corrected chi connectivity index (χ3v) is 3.81. The summed E-state index contributed by atoms with van der Waals surface area (Å²) >= 11 is 0. The quantitative estimate of drug-likeness (QED) is 0.666. The number of carbonyl (C=O) groups is 1. The second kappa shape index (κ2) is 6.85. The average molecular weight is 237 g/mol. The number of carbonyl (C=O) groups excluding carboxylic acids is 1. The molecule has 90 valence electrons. The molecule has 15 heavy (non-hydrogen) atoms. The summed E-state index contributed by atoms with van der Waals surface area (Å²) in [5.41, 5.74) is 0. The maximum atomic E-state index is 11.8. The summed E-state index contributed by atoms with van der Waals surface area (Å²) in [5.74, 6) is 0. The van der Waals surface area contributed by atoms with Gasteiger partial charge in [0.15, 0.2) is 0 Å². The molecular weight excluding hydrogens is 217 g/mol. The highest BCUT2D eigenvalue weighted by molar-refractivity contribution is 7.54. The molecule has 0 N–H and O–H groups in total. The lowest BCUT2D eigenvalue weighted by molar-refractivity contribution is 0.144. The summed E-state index contributed by atoms with van der Waals surface area (Å²) in [6, 6.07) is 0. The molecule has 0 aliphatic carbocycles. The van der Waals surface area contributed by atoms with Gasteiger partial charge < -0.3 is 9.42 Å². The molecule has 0 rings (SSSR count). The molecule has 5 nitrogen and oxygen atoms in total. The fraction of sp³-hybridized carbons (Fsp3) is 0.889. The lowest BCUT2D eigenvalue weighted by atomic mass is 10.6. The van der Waals surface area contributed by atoms with E-state index in [-0.39, 0.29) is 12.8 Å². The van der Waals surface area contributed by atoms with Gasteiger partial charge in [-0.25, -0.2) is 9.36 Å². The topological polar surface area (TPSA) is 55.8 Å². The van der Waals surface area contributed by atoms with Crippen LogP contribution in [0.25, 0.3) is 0 Å². The molecule has 0 aromatic rings. The van der Waals surface area contributed by atoms with Gasteiger partial charge in [0.25, 0.3) is 0 Å². The molecule has 0 saturated heterocycles. The molecule has 0 radical (unpaired) electrons. The van der Waals surface area contributed by atoms with Crippen LogP contribution in [0.3, 0.4) is 0 Å². The second-order valence-electron chi connectivity index (χ2n) is 2.87. The number of hydrogen-bond acceptors (Lipinski definition) is 4. The number of rotatable bonds is 6. The average Bonchev–Trinajstić information content (AvgIpc) is 2.20. The molecule has 0 aliphatic heterocycles. The van der Waals surface area contributed by atoms with Gasteiger partial charge in [-0.05, 0) is 20.8 Å². The summed E-state index contributed by atoms with van der Waals surface area (Å²) in [6.07, 6.45) is -0.368. The zero-order chi connectivity index (χ0) is 11.9. The van der Waals surface area contributed by atoms with Crippen molar-refractivity contribution in [3.05, 3.63) is 0 Å². The van der Waals surface area contributed by atoms with E-state index in [2.05, 4.69) is 0 Å². The van der Waals surface area contributed by atoms with Crippen LogP contribution in [0.15, 0.2) is 0 Å². The van der Waals surface area contributed by atoms with Gasteiger partial charge >= 0.3 is 13.7 Å². The number of amides is 1. The van der Waals surface area contributed by atoms with Gasteiger partial charge in [-0.15, -0.1) is 0 Å². The Bertz CT molecular complexity index is 240. The highest BCUT2D eigenvalue weighted by Crippen LogP contribution is 2.47. The molecule has 6 heteroatoms. The van der Waals surface area contributed by atoms with Crippen LogP contribution < -0.4 is 0 Å². The molecule has 0 saturated carbocycles. The van der Waals surface area contributed by atoms with Crippen LogP contribution in [-0.2, 0) is 13.6 Å². The van der Waals surface area contributed by atoms with Gasteiger partial charge in [0.05, 0.1) is 12.8 Å². The molecular formula is C9H20NO4P. The van der Waals surface area contributed by atoms with E-state index in [9.17, 15) is 9.36 Å². The predicted octanol–water partition coefficient (Wildman–Crippen LogP) is 2.71. The Hall–Kier alpha value is -0.540. The van der Waals surface area contributed by atoms with Crippen LogP contribution in [-0.4, -0.2) is 36.9 Å². The molecule has 0 fully saturated rings. The van der Waals surface area contributed by atoms with Crippen LogP contribution >= 0.6 is 7.60 Å². The summed E-state index contributed by atoms with van der Waals surface area (Å²) in [4.78, 5) is 13.0. The highest BCUT2D eigenvalue weighted by Gasteiger charge is 2.27. The van der Waals surface area contributed by atoms with E-state index in [4.69, 9.17) is 9.05 Å². The molecule has 0 bridgehead atoms. The van der Waals surface area contributed by atoms with Crippen LogP contribution in [0.1, 0.15) is 27.7 Å². The van der Waals surface area contributed by atoms with E-state index in [0.717, 1.165) is 0 Å². The van der Waals surface area contributed by atoms with Crippen molar-refractivity contribution >= 4 is 13.7 Å². The maximum absolute atomic E-state index is 11.8. The fourth-order valence-corrected chi connectivity index (χ4v) is 2.15. The Morgan fingerprint density at radius 2 is 1.73 bits per heavy atom. The molecule has 0 aliphatic rings. The van der Waals surface area contributed by atoms with Crippen molar-refractivity contribution in [2.45, 2.75) is 27.7 Å². The first kappa shape index (κ1) is 14.5. The largest absolute Gasteiger partial charge is 0.416 e. The van der Waals surface area contributed by atoms with E-state index in [1.54, 1.807) is 13.8 Å². The molecule has 1 amide bonds. The Morgan fingerprint density at radius 3 is 2.07 bits per heavy atom. The van der Waals surface area contributed by atoms with Crippen molar-refractivity contribution in [2.24, 2.45) is 0 Å². The zero-order valence-electron chi connectivity index (χ0n) is 9.86. The van der Waals surface area contributed by atoms with E-state index in [1.807, 2.05) is 13.8 Å². The summed E-state index contributed by atoms with van der Waals surface area (Å²) in [5, 5.41) is 0. The molecule has 0 aromatic heterocycles. The molecule has 0 aromatic carbocycles. The first-order valence-corrected chi connectivity index (χ1v) is 6.97. The highest BCUT2D eigenvalue weighted by atomic mass is 31.2. The minimum absolute atomic E-state index is 0.202.